The number of amides is 1. The van der Waals surface area contributed by atoms with Gasteiger partial charge >= 0.3 is 5.97 Å². The Hall–Kier alpha value is -1.70. The molecule has 134 valence electrons. The maximum Gasteiger partial charge on any atom is 0.338 e. The first kappa shape index (κ1) is 20.3. The Bertz CT molecular complexity index is 573. The lowest BCUT2D eigenvalue weighted by molar-refractivity contribution is -0.173. The van der Waals surface area contributed by atoms with Crippen LogP contribution in [0, 0.1) is 5.82 Å². The van der Waals surface area contributed by atoms with E-state index in [0.717, 1.165) is 17.0 Å². The van der Waals surface area contributed by atoms with Gasteiger partial charge in [-0.3, -0.25) is 4.79 Å². The summed E-state index contributed by atoms with van der Waals surface area (Å²) >= 11 is 5.65. The number of carbonyl (C=O) groups excluding carboxylic acids is 2. The fourth-order valence-electron chi connectivity index (χ4n) is 1.86. The van der Waals surface area contributed by atoms with Gasteiger partial charge in [-0.15, -0.1) is 11.6 Å². The second-order valence-corrected chi connectivity index (χ2v) is 6.46. The molecule has 0 unspecified atom stereocenters. The molecule has 1 aromatic carbocycles. The van der Waals surface area contributed by atoms with E-state index in [1.54, 1.807) is 20.8 Å². The fraction of sp³-hybridized carbons (Fsp3) is 0.500. The molecule has 6 nitrogen and oxygen atoms in total. The van der Waals surface area contributed by atoms with Gasteiger partial charge in [0.2, 0.25) is 0 Å². The number of hydrogen-bond donors (Lipinski definition) is 2. The van der Waals surface area contributed by atoms with Gasteiger partial charge in [-0.25, -0.2) is 9.18 Å². The molecular formula is C16H21ClFNO5. The Labute approximate surface area is 144 Å². The van der Waals surface area contributed by atoms with Gasteiger partial charge in [-0.2, -0.15) is 0 Å². The molecule has 0 spiro atoms. The molecule has 1 rings (SSSR count). The molecule has 0 aliphatic heterocycles. The maximum atomic E-state index is 13.0. The normalized spacial score (nSPS) is 14.0. The van der Waals surface area contributed by atoms with Crippen LogP contribution in [0.4, 0.5) is 10.1 Å². The zero-order valence-electron chi connectivity index (χ0n) is 13.7. The van der Waals surface area contributed by atoms with Crippen molar-refractivity contribution in [3.05, 3.63) is 30.1 Å². The maximum absolute atomic E-state index is 13.0. The molecular weight excluding hydrogens is 341 g/mol. The summed E-state index contributed by atoms with van der Waals surface area (Å²) in [7, 11) is 0. The van der Waals surface area contributed by atoms with E-state index in [1.165, 1.54) is 12.1 Å². The number of aliphatic hydroxyl groups excluding tert-OH is 2. The molecule has 0 heterocycles. The van der Waals surface area contributed by atoms with Crippen molar-refractivity contribution < 1.29 is 28.9 Å². The number of carbonyl (C=O) groups is 2. The summed E-state index contributed by atoms with van der Waals surface area (Å²) in [6.45, 7) is 4.77. The number of alkyl halides is 1. The van der Waals surface area contributed by atoms with Crippen LogP contribution in [-0.2, 0) is 14.3 Å². The van der Waals surface area contributed by atoms with E-state index in [0.29, 0.717) is 0 Å². The molecule has 8 heteroatoms. The number of benzene rings is 1. The van der Waals surface area contributed by atoms with Crippen LogP contribution in [-0.4, -0.2) is 52.3 Å². The van der Waals surface area contributed by atoms with E-state index < -0.39 is 35.5 Å². The molecule has 2 atom stereocenters. The summed E-state index contributed by atoms with van der Waals surface area (Å²) in [6.07, 6.45) is -4.08. The molecule has 1 aromatic rings. The third-order valence-corrected chi connectivity index (χ3v) is 3.08. The SMILES string of the molecule is CC(C)(C)OC(=O)[C@H](O)[C@@H](O)C(=O)N(CCCl)c1ccc(F)cc1. The fourth-order valence-corrected chi connectivity index (χ4v) is 2.03. The minimum absolute atomic E-state index is 0.00409. The highest BCUT2D eigenvalue weighted by molar-refractivity contribution is 6.18. The first-order valence-electron chi connectivity index (χ1n) is 7.28. The molecule has 0 aliphatic carbocycles. The summed E-state index contributed by atoms with van der Waals surface area (Å²) in [6, 6.07) is 4.93. The van der Waals surface area contributed by atoms with Gasteiger partial charge in [0.1, 0.15) is 11.4 Å². The van der Waals surface area contributed by atoms with Crippen LogP contribution in [0.5, 0.6) is 0 Å². The Kier molecular flexibility index (Phi) is 7.13. The number of hydrogen-bond acceptors (Lipinski definition) is 5. The lowest BCUT2D eigenvalue weighted by Gasteiger charge is -2.27. The number of nitrogens with zero attached hydrogens (tertiary/aromatic N) is 1. The predicted molar refractivity (Wildman–Crippen MR) is 87.3 cm³/mol. The smallest absolute Gasteiger partial charge is 0.338 e. The quantitative estimate of drug-likeness (QED) is 0.591. The van der Waals surface area contributed by atoms with Crippen molar-refractivity contribution in [3.8, 4) is 0 Å². The van der Waals surface area contributed by atoms with Gasteiger partial charge in [0.25, 0.3) is 5.91 Å². The summed E-state index contributed by atoms with van der Waals surface area (Å²) in [5.41, 5.74) is -0.606. The van der Waals surface area contributed by atoms with E-state index in [9.17, 15) is 24.2 Å². The third-order valence-electron chi connectivity index (χ3n) is 2.91. The van der Waals surface area contributed by atoms with Crippen molar-refractivity contribution in [1.29, 1.82) is 0 Å². The van der Waals surface area contributed by atoms with Gasteiger partial charge in [0.15, 0.2) is 12.2 Å². The number of ether oxygens (including phenoxy) is 1. The Morgan fingerprint density at radius 2 is 1.75 bits per heavy atom. The highest BCUT2D eigenvalue weighted by Crippen LogP contribution is 2.18. The van der Waals surface area contributed by atoms with Gasteiger partial charge in [-0.1, -0.05) is 0 Å². The number of anilines is 1. The van der Waals surface area contributed by atoms with Crippen LogP contribution in [0.2, 0.25) is 0 Å². The topological polar surface area (TPSA) is 87.1 Å². The first-order valence-corrected chi connectivity index (χ1v) is 7.82. The zero-order chi connectivity index (χ0) is 18.5. The first-order chi connectivity index (χ1) is 11.1. The molecule has 0 saturated heterocycles. The standard InChI is InChI=1S/C16H21ClFNO5/c1-16(2,3)24-15(23)13(21)12(20)14(22)19(9-8-17)11-6-4-10(18)5-7-11/h4-7,12-13,20-21H,8-9H2,1-3H3/t12-,13-/m1/s1. The van der Waals surface area contributed by atoms with Gasteiger partial charge in [-0.05, 0) is 45.0 Å². The average Bonchev–Trinajstić information content (AvgIpc) is 2.50. The van der Waals surface area contributed by atoms with E-state index >= 15 is 0 Å². The van der Waals surface area contributed by atoms with Crippen LogP contribution in [0.25, 0.3) is 0 Å². The van der Waals surface area contributed by atoms with Crippen molar-refractivity contribution in [2.24, 2.45) is 0 Å². The van der Waals surface area contributed by atoms with Crippen LogP contribution in [0.1, 0.15) is 20.8 Å². The molecule has 0 bridgehead atoms. The highest BCUT2D eigenvalue weighted by Gasteiger charge is 2.36. The van der Waals surface area contributed by atoms with Crippen LogP contribution in [0.3, 0.4) is 0 Å². The van der Waals surface area contributed by atoms with Crippen LogP contribution in [0.15, 0.2) is 24.3 Å². The van der Waals surface area contributed by atoms with Crippen molar-refractivity contribution in [2.45, 2.75) is 38.6 Å². The Balaban J connectivity index is 2.93. The predicted octanol–water partition coefficient (Wildman–Crippen LogP) is 1.46. The summed E-state index contributed by atoms with van der Waals surface area (Å²) in [4.78, 5) is 25.2. The van der Waals surface area contributed by atoms with E-state index in [4.69, 9.17) is 16.3 Å². The number of halogens is 2. The summed E-state index contributed by atoms with van der Waals surface area (Å²) in [5.74, 6) is -2.52. The Morgan fingerprint density at radius 3 is 2.21 bits per heavy atom. The molecule has 24 heavy (non-hydrogen) atoms. The highest BCUT2D eigenvalue weighted by atomic mass is 35.5. The van der Waals surface area contributed by atoms with Gasteiger partial charge in [0.05, 0.1) is 0 Å². The van der Waals surface area contributed by atoms with Crippen LogP contribution < -0.4 is 4.90 Å². The lowest BCUT2D eigenvalue weighted by atomic mass is 10.1. The monoisotopic (exact) mass is 361 g/mol. The van der Waals surface area contributed by atoms with Crippen molar-refractivity contribution in [3.63, 3.8) is 0 Å². The van der Waals surface area contributed by atoms with Gasteiger partial charge in [0, 0.05) is 18.1 Å². The second-order valence-electron chi connectivity index (χ2n) is 6.08. The zero-order valence-corrected chi connectivity index (χ0v) is 14.5. The molecule has 0 aliphatic rings. The van der Waals surface area contributed by atoms with E-state index in [-0.39, 0.29) is 18.1 Å². The molecule has 0 aromatic heterocycles. The molecule has 2 N–H and O–H groups in total. The minimum atomic E-state index is -2.05. The second kappa shape index (κ2) is 8.41. The largest absolute Gasteiger partial charge is 0.458 e. The molecule has 0 fully saturated rings. The third kappa shape index (κ3) is 5.74. The summed E-state index contributed by atoms with van der Waals surface area (Å²) < 4.78 is 17.9. The molecule has 0 saturated carbocycles. The average molecular weight is 362 g/mol. The number of aliphatic hydroxyl groups is 2. The van der Waals surface area contributed by atoms with Crippen LogP contribution >= 0.6 is 11.6 Å². The van der Waals surface area contributed by atoms with E-state index in [2.05, 4.69) is 0 Å². The van der Waals surface area contributed by atoms with Gasteiger partial charge < -0.3 is 19.8 Å². The Morgan fingerprint density at radius 1 is 1.21 bits per heavy atom. The molecule has 1 amide bonds. The lowest BCUT2D eigenvalue weighted by Crippen LogP contribution is -2.49. The van der Waals surface area contributed by atoms with Crippen molar-refractivity contribution >= 4 is 29.2 Å². The number of rotatable bonds is 6. The summed E-state index contributed by atoms with van der Waals surface area (Å²) in [5, 5.41) is 19.9. The minimum Gasteiger partial charge on any atom is -0.458 e. The van der Waals surface area contributed by atoms with Crippen molar-refractivity contribution in [2.75, 3.05) is 17.3 Å². The number of esters is 1. The molecule has 0 radical (unpaired) electrons. The van der Waals surface area contributed by atoms with Crippen molar-refractivity contribution in [1.82, 2.24) is 0 Å². The van der Waals surface area contributed by atoms with E-state index in [1.807, 2.05) is 0 Å².